The van der Waals surface area contributed by atoms with E-state index >= 15 is 0 Å². The molecule has 56 valence electrons. The van der Waals surface area contributed by atoms with Crippen molar-refractivity contribution in [3.8, 4) is 12.3 Å². The van der Waals surface area contributed by atoms with Crippen LogP contribution in [-0.2, 0) is 4.74 Å². The van der Waals surface area contributed by atoms with Gasteiger partial charge in [-0.3, -0.25) is 0 Å². The fourth-order valence-electron chi connectivity index (χ4n) is 1.37. The first-order chi connectivity index (χ1) is 4.83. The second-order valence-electron chi connectivity index (χ2n) is 2.76. The average molecular weight is 138 g/mol. The summed E-state index contributed by atoms with van der Waals surface area (Å²) in [5, 5.41) is 0. The van der Waals surface area contributed by atoms with E-state index in [9.17, 15) is 0 Å². The first-order valence-electron chi connectivity index (χ1n) is 3.95. The fourth-order valence-corrected chi connectivity index (χ4v) is 1.37. The second kappa shape index (κ2) is 3.07. The van der Waals surface area contributed by atoms with Gasteiger partial charge < -0.3 is 4.74 Å². The van der Waals surface area contributed by atoms with Crippen molar-refractivity contribution in [2.75, 3.05) is 0 Å². The normalized spacial score (nSPS) is 30.2. The average Bonchev–Trinajstić information content (AvgIpc) is 2.70. The molecule has 2 atom stereocenters. The first kappa shape index (κ1) is 7.63. The van der Waals surface area contributed by atoms with Crippen LogP contribution in [0.1, 0.15) is 26.7 Å². The van der Waals surface area contributed by atoms with Gasteiger partial charge in [0.05, 0.1) is 6.10 Å². The van der Waals surface area contributed by atoms with Crippen molar-refractivity contribution in [3.63, 3.8) is 0 Å². The van der Waals surface area contributed by atoms with Crippen LogP contribution in [0.5, 0.6) is 0 Å². The van der Waals surface area contributed by atoms with E-state index in [4.69, 9.17) is 11.2 Å². The Bertz CT molecular complexity index is 141. The lowest BCUT2D eigenvalue weighted by Gasteiger charge is -2.05. The standard InChI is InChI=1S/C9H14O/c1-4-7(5-2)9-8(6-3)10-9/h3,7-9H,4-5H2,1-2H3. The molecule has 1 heteroatoms. The van der Waals surface area contributed by atoms with E-state index in [2.05, 4.69) is 19.8 Å². The maximum atomic E-state index is 5.27. The predicted octanol–water partition coefficient (Wildman–Crippen LogP) is 1.82. The Morgan fingerprint density at radius 3 is 2.40 bits per heavy atom. The number of ether oxygens (including phenoxy) is 1. The minimum absolute atomic E-state index is 0.130. The number of terminal acetylenes is 1. The minimum Gasteiger partial charge on any atom is -0.355 e. The molecular weight excluding hydrogens is 124 g/mol. The van der Waals surface area contributed by atoms with E-state index in [1.54, 1.807) is 0 Å². The molecule has 2 unspecified atom stereocenters. The first-order valence-corrected chi connectivity index (χ1v) is 3.95. The Kier molecular flexibility index (Phi) is 2.34. The molecule has 0 N–H and O–H groups in total. The molecule has 0 bridgehead atoms. The number of rotatable bonds is 3. The van der Waals surface area contributed by atoms with Crippen LogP contribution in [0.4, 0.5) is 0 Å². The molecule has 1 rings (SSSR count). The van der Waals surface area contributed by atoms with Crippen LogP contribution in [0.25, 0.3) is 0 Å². The lowest BCUT2D eigenvalue weighted by atomic mass is 9.98. The van der Waals surface area contributed by atoms with Crippen molar-refractivity contribution < 1.29 is 4.74 Å². The van der Waals surface area contributed by atoms with Crippen LogP contribution in [0.3, 0.4) is 0 Å². The van der Waals surface area contributed by atoms with E-state index in [0.29, 0.717) is 12.0 Å². The van der Waals surface area contributed by atoms with Crippen molar-refractivity contribution >= 4 is 0 Å². The minimum atomic E-state index is 0.130. The molecule has 1 aliphatic rings. The van der Waals surface area contributed by atoms with Crippen molar-refractivity contribution in [3.05, 3.63) is 0 Å². The van der Waals surface area contributed by atoms with Crippen molar-refractivity contribution in [1.82, 2.24) is 0 Å². The molecule has 1 heterocycles. The van der Waals surface area contributed by atoms with E-state index in [1.807, 2.05) is 0 Å². The lowest BCUT2D eigenvalue weighted by molar-refractivity contribution is 0.311. The third-order valence-corrected chi connectivity index (χ3v) is 2.20. The largest absolute Gasteiger partial charge is 0.355 e. The van der Waals surface area contributed by atoms with Gasteiger partial charge in [0.25, 0.3) is 0 Å². The zero-order valence-corrected chi connectivity index (χ0v) is 6.63. The topological polar surface area (TPSA) is 12.5 Å². The molecule has 0 saturated carbocycles. The van der Waals surface area contributed by atoms with E-state index in [1.165, 1.54) is 12.8 Å². The fraction of sp³-hybridized carbons (Fsp3) is 0.778. The Labute approximate surface area is 62.8 Å². The van der Waals surface area contributed by atoms with Crippen LogP contribution < -0.4 is 0 Å². The molecule has 0 aromatic heterocycles. The van der Waals surface area contributed by atoms with Gasteiger partial charge in [0.15, 0.2) is 0 Å². The van der Waals surface area contributed by atoms with Crippen LogP contribution in [0.2, 0.25) is 0 Å². The van der Waals surface area contributed by atoms with Gasteiger partial charge in [-0.2, -0.15) is 0 Å². The highest BCUT2D eigenvalue weighted by atomic mass is 16.6. The predicted molar refractivity (Wildman–Crippen MR) is 41.6 cm³/mol. The molecule has 1 saturated heterocycles. The summed E-state index contributed by atoms with van der Waals surface area (Å²) >= 11 is 0. The highest BCUT2D eigenvalue weighted by Crippen LogP contribution is 2.32. The third kappa shape index (κ3) is 1.33. The monoisotopic (exact) mass is 138 g/mol. The molecule has 0 aromatic rings. The summed E-state index contributed by atoms with van der Waals surface area (Å²) in [6, 6.07) is 0. The summed E-state index contributed by atoms with van der Waals surface area (Å²) in [5.74, 6) is 3.30. The Morgan fingerprint density at radius 1 is 1.50 bits per heavy atom. The number of epoxide rings is 1. The smallest absolute Gasteiger partial charge is 0.144 e. The molecule has 0 radical (unpaired) electrons. The van der Waals surface area contributed by atoms with Gasteiger partial charge >= 0.3 is 0 Å². The molecule has 1 aliphatic heterocycles. The summed E-state index contributed by atoms with van der Waals surface area (Å²) in [7, 11) is 0. The molecule has 0 aliphatic carbocycles. The van der Waals surface area contributed by atoms with Crippen molar-refractivity contribution in [2.45, 2.75) is 38.9 Å². The van der Waals surface area contributed by atoms with E-state index < -0.39 is 0 Å². The van der Waals surface area contributed by atoms with Gasteiger partial charge in [0.1, 0.15) is 6.10 Å². The van der Waals surface area contributed by atoms with E-state index in [-0.39, 0.29) is 6.10 Å². The zero-order valence-electron chi connectivity index (χ0n) is 6.63. The lowest BCUT2D eigenvalue weighted by Crippen LogP contribution is -2.07. The van der Waals surface area contributed by atoms with Gasteiger partial charge in [-0.25, -0.2) is 0 Å². The van der Waals surface area contributed by atoms with E-state index in [0.717, 1.165) is 0 Å². The van der Waals surface area contributed by atoms with Gasteiger partial charge in [-0.1, -0.05) is 32.6 Å². The van der Waals surface area contributed by atoms with Crippen molar-refractivity contribution in [2.24, 2.45) is 5.92 Å². The van der Waals surface area contributed by atoms with Gasteiger partial charge in [0.2, 0.25) is 0 Å². The Hall–Kier alpha value is -0.480. The molecule has 1 fully saturated rings. The molecule has 0 spiro atoms. The second-order valence-corrected chi connectivity index (χ2v) is 2.76. The van der Waals surface area contributed by atoms with Crippen LogP contribution >= 0.6 is 0 Å². The van der Waals surface area contributed by atoms with Gasteiger partial charge in [-0.15, -0.1) is 6.42 Å². The van der Waals surface area contributed by atoms with Crippen molar-refractivity contribution in [1.29, 1.82) is 0 Å². The van der Waals surface area contributed by atoms with Crippen LogP contribution in [0.15, 0.2) is 0 Å². The molecule has 0 amide bonds. The highest BCUT2D eigenvalue weighted by Gasteiger charge is 2.41. The number of hydrogen-bond acceptors (Lipinski definition) is 1. The third-order valence-electron chi connectivity index (χ3n) is 2.20. The van der Waals surface area contributed by atoms with Crippen LogP contribution in [-0.4, -0.2) is 12.2 Å². The maximum absolute atomic E-state index is 5.27. The molecular formula is C9H14O. The summed E-state index contributed by atoms with van der Waals surface area (Å²) in [6.07, 6.45) is 8.06. The molecule has 1 nitrogen and oxygen atoms in total. The summed E-state index contributed by atoms with van der Waals surface area (Å²) in [6.45, 7) is 4.37. The molecule has 10 heavy (non-hydrogen) atoms. The molecule has 0 aromatic carbocycles. The van der Waals surface area contributed by atoms with Gasteiger partial charge in [-0.05, 0) is 5.92 Å². The quantitative estimate of drug-likeness (QED) is 0.428. The van der Waals surface area contributed by atoms with Crippen LogP contribution in [0, 0.1) is 18.3 Å². The Balaban J connectivity index is 2.31. The summed E-state index contributed by atoms with van der Waals surface area (Å²) in [4.78, 5) is 0. The van der Waals surface area contributed by atoms with Gasteiger partial charge in [0, 0.05) is 0 Å². The maximum Gasteiger partial charge on any atom is 0.144 e. The highest BCUT2D eigenvalue weighted by molar-refractivity contribution is 5.09. The summed E-state index contributed by atoms with van der Waals surface area (Å²) in [5.41, 5.74) is 0. The number of hydrogen-bond donors (Lipinski definition) is 0. The zero-order chi connectivity index (χ0) is 7.56. The SMILES string of the molecule is C#CC1OC1C(CC)CC. The Morgan fingerprint density at radius 2 is 2.10 bits per heavy atom. The summed E-state index contributed by atoms with van der Waals surface area (Å²) < 4.78 is 5.27.